The molecular weight excluding hydrogens is 754 g/mol. The summed E-state index contributed by atoms with van der Waals surface area (Å²) in [6, 6.07) is 14.4. The molecule has 0 unspecified atom stereocenters. The van der Waals surface area contributed by atoms with Crippen LogP contribution in [0.25, 0.3) is 0 Å². The van der Waals surface area contributed by atoms with Crippen LogP contribution in [0.2, 0.25) is 0 Å². The molecule has 13 nitrogen and oxygen atoms in total. The summed E-state index contributed by atoms with van der Waals surface area (Å²) in [6.45, 7) is 13.5. The van der Waals surface area contributed by atoms with Crippen LogP contribution in [0.15, 0.2) is 65.6 Å². The zero-order chi connectivity index (χ0) is 41.5. The van der Waals surface area contributed by atoms with E-state index < -0.39 is 51.1 Å². The summed E-state index contributed by atoms with van der Waals surface area (Å²) in [5, 5.41) is 5.43. The molecule has 3 aromatic rings. The zero-order valence-electron chi connectivity index (χ0n) is 32.8. The number of sulfonamides is 1. The minimum absolute atomic E-state index is 0.00827. The maximum absolute atomic E-state index is 13.5. The number of pyridine rings is 1. The fraction of sp³-hybridized carbons (Fsp3) is 0.487. The van der Waals surface area contributed by atoms with Crippen molar-refractivity contribution in [3.8, 4) is 0 Å². The topological polar surface area (TPSA) is 150 Å². The quantitative estimate of drug-likeness (QED) is 0.183. The molecule has 56 heavy (non-hydrogen) atoms. The molecule has 1 aliphatic heterocycles. The van der Waals surface area contributed by atoms with Crippen LogP contribution in [0.3, 0.4) is 0 Å². The van der Waals surface area contributed by atoms with Crippen molar-refractivity contribution in [2.24, 2.45) is 0 Å². The molecule has 4 rings (SSSR count). The van der Waals surface area contributed by atoms with Crippen LogP contribution < -0.4 is 15.5 Å². The fourth-order valence-corrected chi connectivity index (χ4v) is 7.04. The average molecular weight is 805 g/mol. The lowest BCUT2D eigenvalue weighted by atomic mass is 10.1. The van der Waals surface area contributed by atoms with Crippen LogP contribution in [0.5, 0.6) is 0 Å². The first-order valence-electron chi connectivity index (χ1n) is 18.3. The number of carbonyl (C=O) groups excluding carboxylic acids is 3. The molecule has 1 fully saturated rings. The number of hydrogen-bond acceptors (Lipinski definition) is 9. The Hall–Kier alpha value is -4.90. The van der Waals surface area contributed by atoms with Gasteiger partial charge in [0.2, 0.25) is 10.0 Å². The molecule has 2 heterocycles. The molecule has 1 saturated heterocycles. The van der Waals surface area contributed by atoms with Gasteiger partial charge in [-0.25, -0.2) is 23.0 Å². The molecule has 1 aromatic heterocycles. The molecule has 17 heteroatoms. The Morgan fingerprint density at radius 1 is 0.857 bits per heavy atom. The van der Waals surface area contributed by atoms with Crippen LogP contribution in [-0.2, 0) is 38.6 Å². The van der Waals surface area contributed by atoms with E-state index in [0.717, 1.165) is 17.7 Å². The van der Waals surface area contributed by atoms with Crippen molar-refractivity contribution in [3.63, 3.8) is 0 Å². The molecule has 3 amide bonds. The maximum Gasteiger partial charge on any atom is 0.416 e. The number of nitrogens with one attached hydrogen (secondary N) is 2. The number of alkyl halides is 3. The number of nitrogens with zero attached hydrogens (tertiary/aromatic N) is 4. The van der Waals surface area contributed by atoms with Gasteiger partial charge in [-0.15, -0.1) is 0 Å². The molecule has 306 valence electrons. The monoisotopic (exact) mass is 804 g/mol. The summed E-state index contributed by atoms with van der Waals surface area (Å²) in [4.78, 5) is 45.6. The Balaban J connectivity index is 1.33. The van der Waals surface area contributed by atoms with Crippen molar-refractivity contribution in [1.29, 1.82) is 0 Å². The highest BCUT2D eigenvalue weighted by Crippen LogP contribution is 2.32. The SMILES string of the molecule is CCc1cc(C(F)(F)F)cc(N2CCN(S(=O)(=O)c3ccc(NC(=O)c4ccc(CN(CCCNC(=O)OC(C)(C)C)C(=O)OC(C)(C)C)cc4)cc3)CC2)n1. The first-order chi connectivity index (χ1) is 26.0. The van der Waals surface area contributed by atoms with E-state index >= 15 is 0 Å². The minimum Gasteiger partial charge on any atom is -0.444 e. The van der Waals surface area contributed by atoms with Crippen LogP contribution in [0, 0.1) is 0 Å². The molecule has 0 aliphatic carbocycles. The molecule has 1 aliphatic rings. The van der Waals surface area contributed by atoms with Crippen molar-refractivity contribution >= 4 is 39.6 Å². The zero-order valence-corrected chi connectivity index (χ0v) is 33.6. The third-order valence-electron chi connectivity index (χ3n) is 8.38. The number of alkyl carbamates (subject to hydrolysis) is 1. The van der Waals surface area contributed by atoms with E-state index in [1.54, 1.807) is 77.6 Å². The first-order valence-corrected chi connectivity index (χ1v) is 19.8. The van der Waals surface area contributed by atoms with Crippen molar-refractivity contribution < 1.29 is 45.4 Å². The van der Waals surface area contributed by atoms with Gasteiger partial charge in [0.15, 0.2) is 0 Å². The fourth-order valence-electron chi connectivity index (χ4n) is 5.62. The van der Waals surface area contributed by atoms with E-state index in [1.807, 2.05) is 0 Å². The molecule has 0 atom stereocenters. The van der Waals surface area contributed by atoms with Gasteiger partial charge in [0, 0.05) is 62.8 Å². The van der Waals surface area contributed by atoms with Crippen LogP contribution in [0.4, 0.5) is 34.3 Å². The Bertz CT molecular complexity index is 1940. The predicted octanol–water partition coefficient (Wildman–Crippen LogP) is 7.08. The number of rotatable bonds is 12. The van der Waals surface area contributed by atoms with Gasteiger partial charge in [-0.3, -0.25) is 4.79 Å². The summed E-state index contributed by atoms with van der Waals surface area (Å²) in [6.07, 6.45) is -4.84. The Kier molecular flexibility index (Phi) is 14.0. The van der Waals surface area contributed by atoms with Gasteiger partial charge in [-0.1, -0.05) is 19.1 Å². The van der Waals surface area contributed by atoms with Crippen LogP contribution in [-0.4, -0.2) is 91.2 Å². The van der Waals surface area contributed by atoms with Gasteiger partial charge in [-0.05, 0) is 108 Å². The second kappa shape index (κ2) is 17.9. The lowest BCUT2D eigenvalue weighted by Gasteiger charge is -2.35. The number of aryl methyl sites for hydroxylation is 1. The number of hydrogen-bond donors (Lipinski definition) is 2. The Labute approximate surface area is 326 Å². The van der Waals surface area contributed by atoms with E-state index in [4.69, 9.17) is 9.47 Å². The Morgan fingerprint density at radius 3 is 2.02 bits per heavy atom. The number of aromatic nitrogens is 1. The summed E-state index contributed by atoms with van der Waals surface area (Å²) in [5.74, 6) is -0.275. The predicted molar refractivity (Wildman–Crippen MR) is 206 cm³/mol. The van der Waals surface area contributed by atoms with E-state index in [0.29, 0.717) is 29.8 Å². The van der Waals surface area contributed by atoms with Crippen molar-refractivity contribution in [3.05, 3.63) is 83.0 Å². The van der Waals surface area contributed by atoms with Gasteiger partial charge in [0.05, 0.1) is 10.5 Å². The third-order valence-corrected chi connectivity index (χ3v) is 10.3. The van der Waals surface area contributed by atoms with Crippen LogP contribution >= 0.6 is 0 Å². The average Bonchev–Trinajstić information content (AvgIpc) is 3.11. The van der Waals surface area contributed by atoms with Crippen molar-refractivity contribution in [1.82, 2.24) is 19.5 Å². The largest absolute Gasteiger partial charge is 0.444 e. The third kappa shape index (κ3) is 12.8. The molecule has 2 aromatic carbocycles. The summed E-state index contributed by atoms with van der Waals surface area (Å²) in [5.41, 5.74) is -0.420. The highest BCUT2D eigenvalue weighted by molar-refractivity contribution is 7.89. The standard InChI is InChI=1S/C39H51F3N6O7S/c1-8-30-24-29(39(40,41)42)25-33(44-30)46-20-22-48(23-21-46)56(52,53)32-16-14-31(15-17-32)45-34(49)28-12-10-27(11-13-28)26-47(36(51)55-38(5,6)7)19-9-18-43-35(50)54-37(2,3)4/h10-17,24-25H,8-9,18-23,26H2,1-7H3,(H,43,50)(H,45,49). The van der Waals surface area contributed by atoms with Gasteiger partial charge in [0.25, 0.3) is 5.91 Å². The van der Waals surface area contributed by atoms with Gasteiger partial charge in [0.1, 0.15) is 17.0 Å². The maximum atomic E-state index is 13.5. The molecule has 0 bridgehead atoms. The molecular formula is C39H51F3N6O7S. The second-order valence-corrected chi connectivity index (χ2v) is 17.2. The molecule has 0 radical (unpaired) electrons. The number of amides is 3. The van der Waals surface area contributed by atoms with Gasteiger partial charge < -0.3 is 29.9 Å². The smallest absolute Gasteiger partial charge is 0.416 e. The minimum atomic E-state index is -4.53. The number of ether oxygens (including phenoxy) is 2. The summed E-state index contributed by atoms with van der Waals surface area (Å²) in [7, 11) is -3.93. The number of benzene rings is 2. The van der Waals surface area contributed by atoms with E-state index in [9.17, 15) is 36.0 Å². The molecule has 2 N–H and O–H groups in total. The van der Waals surface area contributed by atoms with Gasteiger partial charge in [-0.2, -0.15) is 17.5 Å². The normalized spacial score (nSPS) is 14.2. The number of halogens is 3. The summed E-state index contributed by atoms with van der Waals surface area (Å²) < 4.78 is 79.4. The highest BCUT2D eigenvalue weighted by atomic mass is 32.2. The van der Waals surface area contributed by atoms with Crippen molar-refractivity contribution in [2.75, 3.05) is 49.5 Å². The Morgan fingerprint density at radius 2 is 1.46 bits per heavy atom. The van der Waals surface area contributed by atoms with E-state index in [2.05, 4.69) is 15.6 Å². The van der Waals surface area contributed by atoms with E-state index in [1.165, 1.54) is 33.5 Å². The second-order valence-electron chi connectivity index (χ2n) is 15.3. The molecule has 0 spiro atoms. The first kappa shape index (κ1) is 43.8. The highest BCUT2D eigenvalue weighted by Gasteiger charge is 2.34. The summed E-state index contributed by atoms with van der Waals surface area (Å²) >= 11 is 0. The molecule has 0 saturated carbocycles. The van der Waals surface area contributed by atoms with Gasteiger partial charge >= 0.3 is 18.4 Å². The lowest BCUT2D eigenvalue weighted by molar-refractivity contribution is -0.137. The number of anilines is 2. The number of carbonyl (C=O) groups is 3. The van der Waals surface area contributed by atoms with E-state index in [-0.39, 0.29) is 56.5 Å². The number of piperazine rings is 1. The van der Waals surface area contributed by atoms with Crippen LogP contribution in [0.1, 0.15) is 82.1 Å². The van der Waals surface area contributed by atoms with Crippen molar-refractivity contribution in [2.45, 2.75) is 90.1 Å². The lowest BCUT2D eigenvalue weighted by Crippen LogP contribution is -2.49.